The lowest BCUT2D eigenvalue weighted by Gasteiger charge is -2.31. The molecule has 5 atom stereocenters. The van der Waals surface area contributed by atoms with Crippen molar-refractivity contribution in [1.29, 1.82) is 0 Å². The zero-order valence-corrected chi connectivity index (χ0v) is 31.9. The van der Waals surface area contributed by atoms with Crippen molar-refractivity contribution in [2.75, 3.05) is 25.2 Å². The lowest BCUT2D eigenvalue weighted by atomic mass is 9.82. The average Bonchev–Trinajstić information content (AvgIpc) is 3.83. The zero-order chi connectivity index (χ0) is 38.2. The molecule has 12 nitrogen and oxygen atoms in total. The third-order valence-electron chi connectivity index (χ3n) is 11.1. The second-order valence-corrected chi connectivity index (χ2v) is 18.5. The first-order valence-electron chi connectivity index (χ1n) is 18.4. The van der Waals surface area contributed by atoms with E-state index in [-0.39, 0.29) is 36.4 Å². The van der Waals surface area contributed by atoms with E-state index < -0.39 is 31.6 Å². The molecule has 0 radical (unpaired) electrons. The van der Waals surface area contributed by atoms with Crippen LogP contribution in [0.1, 0.15) is 55.3 Å². The Morgan fingerprint density at radius 2 is 1.81 bits per heavy atom. The number of aliphatic hydroxyl groups excluding tert-OH is 1. The van der Waals surface area contributed by atoms with Gasteiger partial charge in [-0.1, -0.05) is 60.7 Å². The van der Waals surface area contributed by atoms with Gasteiger partial charge < -0.3 is 23.6 Å². The molecule has 2 aliphatic rings. The van der Waals surface area contributed by atoms with E-state index in [2.05, 4.69) is 15.4 Å². The Bertz CT molecular complexity index is 2220. The number of fused-ring (bicyclic) bond motifs is 3. The maximum absolute atomic E-state index is 16.6. The van der Waals surface area contributed by atoms with Crippen molar-refractivity contribution in [3.05, 3.63) is 112 Å². The van der Waals surface area contributed by atoms with Crippen LogP contribution in [-0.2, 0) is 31.2 Å². The summed E-state index contributed by atoms with van der Waals surface area (Å²) in [7, 11) is -2.13. The molecule has 5 aromatic rings. The maximum atomic E-state index is 16.6. The molecule has 2 aromatic heterocycles. The minimum absolute atomic E-state index is 0.137. The first-order chi connectivity index (χ1) is 26.0. The van der Waals surface area contributed by atoms with Crippen LogP contribution in [0.4, 0.5) is 9.80 Å². The number of unbranched alkanes of at least 4 members (excludes halogenated alkanes) is 1. The quantitative estimate of drug-likeness (QED) is 0.0699. The van der Waals surface area contributed by atoms with Gasteiger partial charge in [-0.05, 0) is 62.2 Å². The summed E-state index contributed by atoms with van der Waals surface area (Å²) in [6, 6.07) is 22.2. The Morgan fingerprint density at radius 1 is 1.06 bits per heavy atom. The number of methoxy groups -OCH3 is 1. The van der Waals surface area contributed by atoms with Gasteiger partial charge in [-0.2, -0.15) is 9.78 Å². The van der Waals surface area contributed by atoms with E-state index in [0.29, 0.717) is 65.8 Å². The van der Waals surface area contributed by atoms with Crippen LogP contribution in [0.2, 0.25) is 18.6 Å². The van der Waals surface area contributed by atoms with Gasteiger partial charge in [0, 0.05) is 48.1 Å². The van der Waals surface area contributed by atoms with Crippen molar-refractivity contribution in [3.63, 3.8) is 0 Å². The summed E-state index contributed by atoms with van der Waals surface area (Å²) in [5.41, 5.74) is 0.795. The van der Waals surface area contributed by atoms with Crippen molar-refractivity contribution in [2.24, 2.45) is 5.92 Å². The van der Waals surface area contributed by atoms with Gasteiger partial charge in [0.05, 0.1) is 54.4 Å². The normalized spacial score (nSPS) is 21.6. The molecule has 54 heavy (non-hydrogen) atoms. The van der Waals surface area contributed by atoms with Crippen molar-refractivity contribution in [2.45, 2.75) is 75.4 Å². The number of hydrogen-bond acceptors (Lipinski definition) is 9. The Kier molecular flexibility index (Phi) is 10.3. The number of benzene rings is 3. The highest BCUT2D eigenvalue weighted by atomic mass is 28.4. The topological polar surface area (TPSA) is 142 Å². The smallest absolute Gasteiger partial charge is 0.305 e. The van der Waals surface area contributed by atoms with Gasteiger partial charge in [-0.25, -0.2) is 0 Å². The van der Waals surface area contributed by atoms with Gasteiger partial charge in [0.1, 0.15) is 0 Å². The predicted octanol–water partition coefficient (Wildman–Crippen LogP) is 5.66. The first kappa shape index (κ1) is 37.3. The molecule has 0 aliphatic carbocycles. The zero-order valence-electron chi connectivity index (χ0n) is 30.9. The fraction of sp³-hybridized carbons (Fsp3) is 0.400. The van der Waals surface area contributed by atoms with Crippen LogP contribution in [0.5, 0.6) is 0 Å². The summed E-state index contributed by atoms with van der Waals surface area (Å²) in [6.45, 7) is 5.74. The summed E-state index contributed by atoms with van der Waals surface area (Å²) in [6.07, 6.45) is 4.42. The molecular formula is C40H45FN6O6Si. The van der Waals surface area contributed by atoms with Crippen LogP contribution in [0.15, 0.2) is 90.0 Å². The van der Waals surface area contributed by atoms with E-state index in [1.807, 2.05) is 49.4 Å². The van der Waals surface area contributed by atoms with Crippen LogP contribution < -0.4 is 10.5 Å². The summed E-state index contributed by atoms with van der Waals surface area (Å²) in [5, 5.41) is 24.6. The molecule has 1 spiro atoms. The molecule has 1 N–H and O–H groups in total. The number of amides is 1. The van der Waals surface area contributed by atoms with Gasteiger partial charge in [0.25, 0.3) is 11.5 Å². The average molecular weight is 753 g/mol. The molecule has 1 amide bonds. The molecule has 282 valence electrons. The number of esters is 1. The van der Waals surface area contributed by atoms with Gasteiger partial charge in [-0.15, -0.1) is 5.10 Å². The lowest BCUT2D eigenvalue weighted by molar-refractivity contribution is -0.146. The Morgan fingerprint density at radius 3 is 2.56 bits per heavy atom. The minimum atomic E-state index is -3.48. The van der Waals surface area contributed by atoms with E-state index in [0.717, 1.165) is 5.56 Å². The molecule has 1 fully saturated rings. The third kappa shape index (κ3) is 6.66. The third-order valence-corrected chi connectivity index (χ3v) is 13.5. The minimum Gasteiger partial charge on any atom is -0.469 e. The van der Waals surface area contributed by atoms with Crippen molar-refractivity contribution in [1.82, 2.24) is 24.8 Å². The Balaban J connectivity index is 1.24. The number of aryl methyl sites for hydroxylation is 1. The monoisotopic (exact) mass is 752 g/mol. The van der Waals surface area contributed by atoms with E-state index in [4.69, 9.17) is 9.47 Å². The highest BCUT2D eigenvalue weighted by Crippen LogP contribution is 2.60. The fourth-order valence-electron chi connectivity index (χ4n) is 8.47. The molecule has 0 saturated carbocycles. The number of halogens is 1. The van der Waals surface area contributed by atoms with Crippen LogP contribution in [0.25, 0.3) is 16.5 Å². The van der Waals surface area contributed by atoms with E-state index in [9.17, 15) is 19.5 Å². The molecule has 0 bridgehead atoms. The van der Waals surface area contributed by atoms with E-state index >= 15 is 4.11 Å². The largest absolute Gasteiger partial charge is 0.469 e. The van der Waals surface area contributed by atoms with Crippen LogP contribution in [-0.4, -0.2) is 76.5 Å². The summed E-state index contributed by atoms with van der Waals surface area (Å²) in [4.78, 5) is 42.1. The van der Waals surface area contributed by atoms with Crippen molar-refractivity contribution in [3.8, 4) is 5.69 Å². The number of hydrogen-bond donors (Lipinski definition) is 1. The molecular weight excluding hydrogens is 708 g/mol. The van der Waals surface area contributed by atoms with Crippen LogP contribution in [0, 0.1) is 5.92 Å². The molecule has 4 heterocycles. The fourth-order valence-corrected chi connectivity index (χ4v) is 11.0. The summed E-state index contributed by atoms with van der Waals surface area (Å²) in [5.74, 6) is -1.51. The lowest BCUT2D eigenvalue weighted by Crippen LogP contribution is -2.45. The van der Waals surface area contributed by atoms with Crippen LogP contribution >= 0.6 is 0 Å². The summed E-state index contributed by atoms with van der Waals surface area (Å²) < 4.78 is 31.3. The number of rotatable bonds is 13. The highest BCUT2D eigenvalue weighted by Gasteiger charge is 2.66. The predicted molar refractivity (Wildman–Crippen MR) is 204 cm³/mol. The maximum Gasteiger partial charge on any atom is 0.305 e. The molecule has 2 aliphatic heterocycles. The molecule has 1 unspecified atom stereocenters. The molecule has 3 aromatic carbocycles. The Labute approximate surface area is 313 Å². The first-order valence-corrected chi connectivity index (χ1v) is 21.4. The van der Waals surface area contributed by atoms with E-state index in [1.54, 1.807) is 65.4 Å². The van der Waals surface area contributed by atoms with E-state index in [1.165, 1.54) is 11.8 Å². The van der Waals surface area contributed by atoms with Crippen molar-refractivity contribution < 1.29 is 28.3 Å². The molecule has 14 heteroatoms. The number of ether oxygens (including phenoxy) is 2. The van der Waals surface area contributed by atoms with Gasteiger partial charge in [0.15, 0.2) is 5.60 Å². The second-order valence-electron chi connectivity index (χ2n) is 14.8. The Hall–Kier alpha value is -5.05. The number of aliphatic hydroxyl groups is 1. The SMILES string of the molecule is COC(=O)CCCCN1C(=O)[C@]2(O[C@H](CCn3cc(C(CO)c4ccccc4)nn3)[C@@H]([Si](C)(C)F)[C@@H]2C)c2cc(-n3ncc4ccccc4c3=O)ccc21. The number of carbonyl (C=O) groups excluding carboxylic acids is 2. The van der Waals surface area contributed by atoms with Crippen molar-refractivity contribution >= 4 is 36.7 Å². The standard InChI is InChI=1S/C40H45FN6O6Si/c1-26-37(54(3,4)41)35(19-21-45-24-33(43-44-45)31(25-48)27-12-6-5-7-13-27)53-40(26)32-22-29(47-38(50)30-15-9-8-14-28(30)23-42-47)17-18-34(32)46(39(40)51)20-11-10-16-36(49)52-2/h5-9,12-15,17-18,22-24,26,31,35,37,48H,10-11,16,19-21,25H2,1-4H3/t26-,31?,35+,37-,40+/m0/s1. The van der Waals surface area contributed by atoms with Crippen LogP contribution in [0.3, 0.4) is 0 Å². The second kappa shape index (κ2) is 15.0. The number of nitrogens with zero attached hydrogens (tertiary/aromatic N) is 6. The number of carbonyl (C=O) groups is 2. The highest BCUT2D eigenvalue weighted by molar-refractivity contribution is 6.72. The van der Waals surface area contributed by atoms with Gasteiger partial charge in [-0.3, -0.25) is 19.1 Å². The van der Waals surface area contributed by atoms with Gasteiger partial charge in [0.2, 0.25) is 8.41 Å². The summed E-state index contributed by atoms with van der Waals surface area (Å²) >= 11 is 0. The number of aromatic nitrogens is 5. The molecule has 7 rings (SSSR count). The van der Waals surface area contributed by atoms with Gasteiger partial charge >= 0.3 is 5.97 Å². The molecule has 1 saturated heterocycles. The number of anilines is 1.